The number of aliphatic carboxylic acids is 1. The van der Waals surface area contributed by atoms with Crippen LogP contribution in [-0.2, 0) is 16.0 Å². The molecule has 4 heteroatoms. The second-order valence-corrected chi connectivity index (χ2v) is 5.84. The summed E-state index contributed by atoms with van der Waals surface area (Å²) in [4.78, 5) is 13.2. The highest BCUT2D eigenvalue weighted by molar-refractivity contribution is 5.67. The van der Waals surface area contributed by atoms with Crippen LogP contribution in [0.4, 0.5) is 0 Å². The fourth-order valence-electron chi connectivity index (χ4n) is 3.42. The van der Waals surface area contributed by atoms with Crippen LogP contribution in [0.5, 0.6) is 0 Å². The molecule has 1 N–H and O–H groups in total. The van der Waals surface area contributed by atoms with E-state index in [1.165, 1.54) is 16.7 Å². The van der Waals surface area contributed by atoms with Gasteiger partial charge in [-0.15, -0.1) is 0 Å². The van der Waals surface area contributed by atoms with Crippen molar-refractivity contribution >= 4 is 5.97 Å². The van der Waals surface area contributed by atoms with Gasteiger partial charge >= 0.3 is 5.97 Å². The number of carboxylic acids is 1. The summed E-state index contributed by atoms with van der Waals surface area (Å²) in [7, 11) is 0. The molecule has 1 aromatic rings. The van der Waals surface area contributed by atoms with Crippen molar-refractivity contribution in [2.24, 2.45) is 0 Å². The SMILES string of the molecule is Cc1ccc2c(c1)C(N1CCOC(CC(=O)O)C1)CC2. The van der Waals surface area contributed by atoms with Crippen LogP contribution in [0.3, 0.4) is 0 Å². The van der Waals surface area contributed by atoms with Gasteiger partial charge in [0.25, 0.3) is 0 Å². The molecular formula is C16H21NO3. The normalized spacial score (nSPS) is 26.4. The van der Waals surface area contributed by atoms with Gasteiger partial charge in [0.2, 0.25) is 0 Å². The molecule has 2 atom stereocenters. The van der Waals surface area contributed by atoms with Crippen LogP contribution in [-0.4, -0.2) is 41.8 Å². The summed E-state index contributed by atoms with van der Waals surface area (Å²) < 4.78 is 5.57. The van der Waals surface area contributed by atoms with E-state index in [9.17, 15) is 4.79 Å². The molecule has 20 heavy (non-hydrogen) atoms. The zero-order valence-corrected chi connectivity index (χ0v) is 11.8. The lowest BCUT2D eigenvalue weighted by atomic mass is 10.0. The number of morpholine rings is 1. The van der Waals surface area contributed by atoms with Crippen molar-refractivity contribution in [2.75, 3.05) is 19.7 Å². The minimum atomic E-state index is -0.778. The first-order valence-corrected chi connectivity index (χ1v) is 7.30. The summed E-state index contributed by atoms with van der Waals surface area (Å²) in [6, 6.07) is 7.13. The summed E-state index contributed by atoms with van der Waals surface area (Å²) in [5.74, 6) is -0.778. The molecule has 1 saturated heterocycles. The van der Waals surface area contributed by atoms with Gasteiger partial charge in [-0.3, -0.25) is 9.69 Å². The Balaban J connectivity index is 1.74. The van der Waals surface area contributed by atoms with E-state index in [0.717, 1.165) is 25.9 Å². The van der Waals surface area contributed by atoms with Gasteiger partial charge in [-0.2, -0.15) is 0 Å². The zero-order chi connectivity index (χ0) is 14.1. The highest BCUT2D eigenvalue weighted by atomic mass is 16.5. The lowest BCUT2D eigenvalue weighted by Crippen LogP contribution is -2.44. The molecule has 1 heterocycles. The maximum atomic E-state index is 10.8. The summed E-state index contributed by atoms with van der Waals surface area (Å²) in [6.45, 7) is 4.39. The number of hydrogen-bond acceptors (Lipinski definition) is 3. The predicted octanol–water partition coefficient (Wildman–Crippen LogP) is 2.16. The van der Waals surface area contributed by atoms with Crippen molar-refractivity contribution in [3.8, 4) is 0 Å². The van der Waals surface area contributed by atoms with Gasteiger partial charge in [0.15, 0.2) is 0 Å². The Morgan fingerprint density at radius 3 is 3.15 bits per heavy atom. The molecule has 3 rings (SSSR count). The highest BCUT2D eigenvalue weighted by Crippen LogP contribution is 2.37. The maximum absolute atomic E-state index is 10.8. The van der Waals surface area contributed by atoms with Crippen LogP contribution in [0.2, 0.25) is 0 Å². The third kappa shape index (κ3) is 2.72. The number of fused-ring (bicyclic) bond motifs is 1. The molecule has 4 nitrogen and oxygen atoms in total. The molecular weight excluding hydrogens is 254 g/mol. The van der Waals surface area contributed by atoms with Gasteiger partial charge in [0, 0.05) is 19.1 Å². The molecule has 2 unspecified atom stereocenters. The lowest BCUT2D eigenvalue weighted by molar-refractivity contribution is -0.142. The van der Waals surface area contributed by atoms with E-state index in [2.05, 4.69) is 30.0 Å². The number of rotatable bonds is 3. The van der Waals surface area contributed by atoms with Crippen molar-refractivity contribution in [3.63, 3.8) is 0 Å². The Kier molecular flexibility index (Phi) is 3.76. The van der Waals surface area contributed by atoms with Crippen LogP contribution >= 0.6 is 0 Å². The summed E-state index contributed by atoms with van der Waals surface area (Å²) in [5.41, 5.74) is 4.17. The fraction of sp³-hybridized carbons (Fsp3) is 0.562. The zero-order valence-electron chi connectivity index (χ0n) is 11.8. The van der Waals surface area contributed by atoms with Crippen molar-refractivity contribution in [3.05, 3.63) is 34.9 Å². The average molecular weight is 275 g/mol. The van der Waals surface area contributed by atoms with E-state index in [1.54, 1.807) is 0 Å². The van der Waals surface area contributed by atoms with Crippen LogP contribution in [0.15, 0.2) is 18.2 Å². The first kappa shape index (κ1) is 13.6. The van der Waals surface area contributed by atoms with Crippen molar-refractivity contribution in [1.82, 2.24) is 4.90 Å². The van der Waals surface area contributed by atoms with Crippen molar-refractivity contribution in [1.29, 1.82) is 0 Å². The van der Waals surface area contributed by atoms with Crippen LogP contribution in [0, 0.1) is 6.92 Å². The summed E-state index contributed by atoms with van der Waals surface area (Å²) >= 11 is 0. The fourth-order valence-corrected chi connectivity index (χ4v) is 3.42. The first-order chi connectivity index (χ1) is 9.63. The summed E-state index contributed by atoms with van der Waals surface area (Å²) in [5, 5.41) is 8.91. The minimum absolute atomic E-state index is 0.101. The molecule has 0 aromatic heterocycles. The van der Waals surface area contributed by atoms with E-state index in [0.29, 0.717) is 12.6 Å². The van der Waals surface area contributed by atoms with Crippen LogP contribution in [0.25, 0.3) is 0 Å². The first-order valence-electron chi connectivity index (χ1n) is 7.30. The number of benzene rings is 1. The topological polar surface area (TPSA) is 49.8 Å². The minimum Gasteiger partial charge on any atom is -0.481 e. The average Bonchev–Trinajstić information content (AvgIpc) is 2.81. The van der Waals surface area contributed by atoms with Crippen LogP contribution in [0.1, 0.15) is 35.6 Å². The molecule has 0 amide bonds. The number of carbonyl (C=O) groups is 1. The van der Waals surface area contributed by atoms with Crippen LogP contribution < -0.4 is 0 Å². The van der Waals surface area contributed by atoms with Gasteiger partial charge in [-0.25, -0.2) is 0 Å². The number of carboxylic acid groups (broad SMARTS) is 1. The number of ether oxygens (including phenoxy) is 1. The van der Waals surface area contributed by atoms with E-state index in [-0.39, 0.29) is 12.5 Å². The molecule has 1 aliphatic heterocycles. The number of hydrogen-bond donors (Lipinski definition) is 1. The predicted molar refractivity (Wildman–Crippen MR) is 75.8 cm³/mol. The van der Waals surface area contributed by atoms with E-state index >= 15 is 0 Å². The maximum Gasteiger partial charge on any atom is 0.306 e. The molecule has 1 fully saturated rings. The largest absolute Gasteiger partial charge is 0.481 e. The number of aryl methyl sites for hydroxylation is 2. The second-order valence-electron chi connectivity index (χ2n) is 5.84. The van der Waals surface area contributed by atoms with Gasteiger partial charge in [0.05, 0.1) is 19.1 Å². The quantitative estimate of drug-likeness (QED) is 0.918. The molecule has 2 aliphatic rings. The van der Waals surface area contributed by atoms with Gasteiger partial charge in [-0.1, -0.05) is 23.8 Å². The highest BCUT2D eigenvalue weighted by Gasteiger charge is 2.32. The second kappa shape index (κ2) is 5.54. The Morgan fingerprint density at radius 1 is 1.50 bits per heavy atom. The standard InChI is InChI=1S/C16H21NO3/c1-11-2-3-12-4-5-15(14(12)8-11)17-6-7-20-13(10-17)9-16(18)19/h2-3,8,13,15H,4-7,9-10H2,1H3,(H,18,19). The monoisotopic (exact) mass is 275 g/mol. The van der Waals surface area contributed by atoms with Gasteiger partial charge < -0.3 is 9.84 Å². The van der Waals surface area contributed by atoms with Gasteiger partial charge in [0.1, 0.15) is 0 Å². The summed E-state index contributed by atoms with van der Waals surface area (Å²) in [6.07, 6.45) is 2.19. The third-order valence-corrected chi connectivity index (χ3v) is 4.36. The van der Waals surface area contributed by atoms with Gasteiger partial charge in [-0.05, 0) is 30.9 Å². The molecule has 0 radical (unpaired) electrons. The molecule has 1 aliphatic carbocycles. The molecule has 0 bridgehead atoms. The molecule has 108 valence electrons. The van der Waals surface area contributed by atoms with Crippen molar-refractivity contribution < 1.29 is 14.6 Å². The Morgan fingerprint density at radius 2 is 2.35 bits per heavy atom. The smallest absolute Gasteiger partial charge is 0.306 e. The Hall–Kier alpha value is -1.39. The number of nitrogens with zero attached hydrogens (tertiary/aromatic N) is 1. The third-order valence-electron chi connectivity index (χ3n) is 4.36. The lowest BCUT2D eigenvalue weighted by Gasteiger charge is -2.36. The van der Waals surface area contributed by atoms with E-state index in [1.807, 2.05) is 0 Å². The van der Waals surface area contributed by atoms with E-state index < -0.39 is 5.97 Å². The molecule has 1 aromatic carbocycles. The molecule has 0 spiro atoms. The van der Waals surface area contributed by atoms with E-state index in [4.69, 9.17) is 9.84 Å². The molecule has 0 saturated carbocycles. The Labute approximate surface area is 119 Å². The van der Waals surface area contributed by atoms with Crippen molar-refractivity contribution in [2.45, 2.75) is 38.3 Å². The Bertz CT molecular complexity index is 514.